The number of hydrogen-bond acceptors (Lipinski definition) is 8. The minimum atomic E-state index is -0.684. The van der Waals surface area contributed by atoms with Gasteiger partial charge >= 0.3 is 5.97 Å². The zero-order chi connectivity index (χ0) is 22.3. The van der Waals surface area contributed by atoms with E-state index in [0.29, 0.717) is 23.6 Å². The van der Waals surface area contributed by atoms with E-state index in [1.165, 1.54) is 20.3 Å². The minimum absolute atomic E-state index is 0.156. The molecule has 0 bridgehead atoms. The SMILES string of the molecule is CCOc1cc(C(=O)Nc2ccc(OCC(=O)OC)cc2C)c([N+](=O)[O-])cc1OC. The van der Waals surface area contributed by atoms with E-state index in [9.17, 15) is 19.7 Å². The predicted molar refractivity (Wildman–Crippen MR) is 107 cm³/mol. The molecular formula is C20H22N2O8. The number of carbonyl (C=O) groups excluding carboxylic acids is 2. The molecule has 0 spiro atoms. The number of nitro benzene ring substituents is 1. The van der Waals surface area contributed by atoms with Crippen LogP contribution < -0.4 is 19.5 Å². The lowest BCUT2D eigenvalue weighted by Gasteiger charge is -2.13. The Balaban J connectivity index is 2.29. The number of carbonyl (C=O) groups is 2. The summed E-state index contributed by atoms with van der Waals surface area (Å²) in [4.78, 5) is 34.7. The number of nitro groups is 1. The number of aryl methyl sites for hydroxylation is 1. The molecule has 0 aliphatic rings. The Kier molecular flexibility index (Phi) is 7.56. The zero-order valence-corrected chi connectivity index (χ0v) is 17.0. The van der Waals surface area contributed by atoms with Gasteiger partial charge in [0.2, 0.25) is 0 Å². The van der Waals surface area contributed by atoms with Gasteiger partial charge in [-0.05, 0) is 37.6 Å². The lowest BCUT2D eigenvalue weighted by molar-refractivity contribution is -0.385. The van der Waals surface area contributed by atoms with Crippen LogP contribution in [0.1, 0.15) is 22.8 Å². The number of nitrogens with zero attached hydrogens (tertiary/aromatic N) is 1. The molecule has 2 rings (SSSR count). The largest absolute Gasteiger partial charge is 0.493 e. The van der Waals surface area contributed by atoms with Gasteiger partial charge in [-0.15, -0.1) is 0 Å². The Hall–Kier alpha value is -3.82. The molecule has 30 heavy (non-hydrogen) atoms. The molecule has 2 aromatic carbocycles. The van der Waals surface area contributed by atoms with Crippen LogP contribution in [0.2, 0.25) is 0 Å². The van der Waals surface area contributed by atoms with Crippen molar-refractivity contribution in [1.29, 1.82) is 0 Å². The molecule has 1 amide bonds. The standard InChI is InChI=1S/C20H22N2O8/c1-5-29-18-9-14(16(22(25)26)10-17(18)27-3)20(24)21-15-7-6-13(8-12(15)2)30-11-19(23)28-4/h6-10H,5,11H2,1-4H3,(H,21,24). The average Bonchev–Trinajstić information content (AvgIpc) is 2.73. The lowest BCUT2D eigenvalue weighted by atomic mass is 10.1. The molecule has 0 radical (unpaired) electrons. The first kappa shape index (κ1) is 22.5. The molecule has 0 fully saturated rings. The van der Waals surface area contributed by atoms with Gasteiger partial charge < -0.3 is 24.3 Å². The Labute approximate surface area is 172 Å². The Morgan fingerprint density at radius 3 is 2.40 bits per heavy atom. The number of anilines is 1. The Bertz CT molecular complexity index is 958. The Morgan fingerprint density at radius 1 is 1.10 bits per heavy atom. The highest BCUT2D eigenvalue weighted by Gasteiger charge is 2.25. The highest BCUT2D eigenvalue weighted by molar-refractivity contribution is 6.08. The highest BCUT2D eigenvalue weighted by Crippen LogP contribution is 2.35. The van der Waals surface area contributed by atoms with Crippen molar-refractivity contribution >= 4 is 23.3 Å². The van der Waals surface area contributed by atoms with Gasteiger partial charge in [-0.3, -0.25) is 14.9 Å². The monoisotopic (exact) mass is 418 g/mol. The first-order valence-corrected chi connectivity index (χ1v) is 8.91. The third-order valence-electron chi connectivity index (χ3n) is 4.05. The maximum Gasteiger partial charge on any atom is 0.343 e. The fraction of sp³-hybridized carbons (Fsp3) is 0.300. The summed E-state index contributed by atoms with van der Waals surface area (Å²) in [6.45, 7) is 3.50. The van der Waals surface area contributed by atoms with Crippen LogP contribution in [0.15, 0.2) is 30.3 Å². The van der Waals surface area contributed by atoms with Crippen LogP contribution in [0.25, 0.3) is 0 Å². The second-order valence-electron chi connectivity index (χ2n) is 6.01. The van der Waals surface area contributed by atoms with Gasteiger partial charge in [0, 0.05) is 11.8 Å². The normalized spacial score (nSPS) is 10.1. The van der Waals surface area contributed by atoms with E-state index in [2.05, 4.69) is 10.1 Å². The van der Waals surface area contributed by atoms with Crippen LogP contribution in [0.3, 0.4) is 0 Å². The van der Waals surface area contributed by atoms with Gasteiger partial charge in [-0.1, -0.05) is 0 Å². The summed E-state index contributed by atoms with van der Waals surface area (Å²) in [5, 5.41) is 14.1. The molecule has 1 N–H and O–H groups in total. The molecule has 0 aliphatic heterocycles. The van der Waals surface area contributed by atoms with Crippen LogP contribution in [-0.4, -0.2) is 44.2 Å². The van der Waals surface area contributed by atoms with Crippen LogP contribution in [0.4, 0.5) is 11.4 Å². The van der Waals surface area contributed by atoms with E-state index in [1.807, 2.05) is 0 Å². The molecule has 0 atom stereocenters. The van der Waals surface area contributed by atoms with E-state index in [0.717, 1.165) is 6.07 Å². The van der Waals surface area contributed by atoms with E-state index in [1.54, 1.807) is 32.0 Å². The molecule has 0 saturated carbocycles. The molecule has 10 nitrogen and oxygen atoms in total. The molecule has 0 aliphatic carbocycles. The maximum atomic E-state index is 12.8. The van der Waals surface area contributed by atoms with Crippen molar-refractivity contribution < 1.29 is 33.5 Å². The number of rotatable bonds is 9. The number of benzene rings is 2. The van der Waals surface area contributed by atoms with Crippen molar-refractivity contribution in [2.75, 3.05) is 32.8 Å². The summed E-state index contributed by atoms with van der Waals surface area (Å²) in [5.41, 5.74) is 0.471. The molecule has 0 aromatic heterocycles. The smallest absolute Gasteiger partial charge is 0.343 e. The average molecular weight is 418 g/mol. The van der Waals surface area contributed by atoms with Gasteiger partial charge in [0.15, 0.2) is 18.1 Å². The number of esters is 1. The lowest BCUT2D eigenvalue weighted by Crippen LogP contribution is -2.16. The van der Waals surface area contributed by atoms with Crippen molar-refractivity contribution in [3.05, 3.63) is 51.6 Å². The highest BCUT2D eigenvalue weighted by atomic mass is 16.6. The van der Waals surface area contributed by atoms with Crippen molar-refractivity contribution in [1.82, 2.24) is 0 Å². The third-order valence-corrected chi connectivity index (χ3v) is 4.05. The van der Waals surface area contributed by atoms with Gasteiger partial charge in [0.05, 0.1) is 31.8 Å². The van der Waals surface area contributed by atoms with Gasteiger partial charge in [-0.2, -0.15) is 0 Å². The van der Waals surface area contributed by atoms with E-state index >= 15 is 0 Å². The van der Waals surface area contributed by atoms with Crippen LogP contribution in [-0.2, 0) is 9.53 Å². The van der Waals surface area contributed by atoms with Gasteiger partial charge in [0.25, 0.3) is 11.6 Å². The summed E-state index contributed by atoms with van der Waals surface area (Å²) >= 11 is 0. The fourth-order valence-electron chi connectivity index (χ4n) is 2.57. The number of nitrogens with one attached hydrogen (secondary N) is 1. The summed E-state index contributed by atoms with van der Waals surface area (Å²) in [7, 11) is 2.61. The first-order chi connectivity index (χ1) is 14.3. The van der Waals surface area contributed by atoms with Gasteiger partial charge in [0.1, 0.15) is 11.3 Å². The molecule has 0 saturated heterocycles. The maximum absolute atomic E-state index is 12.8. The predicted octanol–water partition coefficient (Wildman–Crippen LogP) is 3.11. The molecule has 0 unspecified atom stereocenters. The zero-order valence-electron chi connectivity index (χ0n) is 17.0. The summed E-state index contributed by atoms with van der Waals surface area (Å²) in [6.07, 6.45) is 0. The fourth-order valence-corrected chi connectivity index (χ4v) is 2.57. The van der Waals surface area contributed by atoms with Crippen molar-refractivity contribution in [2.45, 2.75) is 13.8 Å². The van der Waals surface area contributed by atoms with E-state index < -0.39 is 22.5 Å². The quantitative estimate of drug-likeness (QED) is 0.374. The third kappa shape index (κ3) is 5.37. The number of amides is 1. The molecule has 10 heteroatoms. The number of methoxy groups -OCH3 is 2. The van der Waals surface area contributed by atoms with Crippen LogP contribution in [0.5, 0.6) is 17.2 Å². The molecule has 160 valence electrons. The summed E-state index contributed by atoms with van der Waals surface area (Å²) in [5.74, 6) is -0.425. The second kappa shape index (κ2) is 10.1. The Morgan fingerprint density at radius 2 is 1.83 bits per heavy atom. The summed E-state index contributed by atoms with van der Waals surface area (Å²) < 4.78 is 20.3. The summed E-state index contributed by atoms with van der Waals surface area (Å²) in [6, 6.07) is 7.17. The van der Waals surface area contributed by atoms with E-state index in [-0.39, 0.29) is 23.7 Å². The topological polar surface area (TPSA) is 126 Å². The first-order valence-electron chi connectivity index (χ1n) is 8.91. The van der Waals surface area contributed by atoms with E-state index in [4.69, 9.17) is 14.2 Å². The minimum Gasteiger partial charge on any atom is -0.493 e. The van der Waals surface area contributed by atoms with Crippen LogP contribution in [0, 0.1) is 17.0 Å². The van der Waals surface area contributed by atoms with Gasteiger partial charge in [-0.25, -0.2) is 4.79 Å². The van der Waals surface area contributed by atoms with Crippen molar-refractivity contribution in [3.63, 3.8) is 0 Å². The molecule has 2 aromatic rings. The van der Waals surface area contributed by atoms with Crippen molar-refractivity contribution in [3.8, 4) is 17.2 Å². The molecule has 0 heterocycles. The second-order valence-corrected chi connectivity index (χ2v) is 6.01. The molecular weight excluding hydrogens is 396 g/mol. The van der Waals surface area contributed by atoms with Crippen molar-refractivity contribution in [2.24, 2.45) is 0 Å². The number of ether oxygens (including phenoxy) is 4. The number of hydrogen-bond donors (Lipinski definition) is 1. The van der Waals surface area contributed by atoms with Crippen LogP contribution >= 0.6 is 0 Å².